The van der Waals surface area contributed by atoms with E-state index in [4.69, 9.17) is 4.74 Å². The molecule has 0 radical (unpaired) electrons. The standard InChI is InChI=1S/C11H14O4/c1-3-14-10-5-4-9(11(13)6-10)7-15-8(2)12/h6-7H,3-5H2,1-2H3. The fourth-order valence-corrected chi connectivity index (χ4v) is 1.26. The highest BCUT2D eigenvalue weighted by Gasteiger charge is 2.16. The molecule has 0 aliphatic heterocycles. The van der Waals surface area contributed by atoms with Crippen LogP contribution < -0.4 is 0 Å². The number of carbonyl (C=O) groups is 2. The second-order valence-corrected chi connectivity index (χ2v) is 3.16. The van der Waals surface area contributed by atoms with Crippen LogP contribution in [0.3, 0.4) is 0 Å². The van der Waals surface area contributed by atoms with E-state index in [0.29, 0.717) is 30.8 Å². The Kier molecular flexibility index (Phi) is 4.09. The minimum atomic E-state index is -0.421. The molecule has 0 saturated heterocycles. The van der Waals surface area contributed by atoms with Gasteiger partial charge in [0.15, 0.2) is 5.78 Å². The van der Waals surface area contributed by atoms with Gasteiger partial charge in [-0.3, -0.25) is 9.59 Å². The lowest BCUT2D eigenvalue weighted by molar-refractivity contribution is -0.135. The van der Waals surface area contributed by atoms with Gasteiger partial charge in [0.25, 0.3) is 0 Å². The van der Waals surface area contributed by atoms with Crippen molar-refractivity contribution in [1.29, 1.82) is 0 Å². The molecule has 0 aromatic rings. The fraction of sp³-hybridized carbons (Fsp3) is 0.455. The van der Waals surface area contributed by atoms with Gasteiger partial charge in [0.05, 0.1) is 6.61 Å². The summed E-state index contributed by atoms with van der Waals surface area (Å²) in [4.78, 5) is 22.0. The molecule has 0 atom stereocenters. The summed E-state index contributed by atoms with van der Waals surface area (Å²) in [5.74, 6) is 0.128. The highest BCUT2D eigenvalue weighted by atomic mass is 16.5. The van der Waals surface area contributed by atoms with Gasteiger partial charge in [-0.15, -0.1) is 0 Å². The Labute approximate surface area is 88.6 Å². The maximum absolute atomic E-state index is 11.5. The third-order valence-corrected chi connectivity index (χ3v) is 1.95. The molecule has 15 heavy (non-hydrogen) atoms. The van der Waals surface area contributed by atoms with Crippen LogP contribution in [0.1, 0.15) is 26.7 Å². The van der Waals surface area contributed by atoms with Crippen LogP contribution in [0.2, 0.25) is 0 Å². The van der Waals surface area contributed by atoms with Gasteiger partial charge in [-0.25, -0.2) is 0 Å². The zero-order chi connectivity index (χ0) is 11.3. The van der Waals surface area contributed by atoms with Crippen molar-refractivity contribution in [2.75, 3.05) is 6.61 Å². The molecule has 0 N–H and O–H groups in total. The summed E-state index contributed by atoms with van der Waals surface area (Å²) in [5.41, 5.74) is 0.508. The van der Waals surface area contributed by atoms with E-state index in [9.17, 15) is 9.59 Å². The Morgan fingerprint density at radius 1 is 1.53 bits per heavy atom. The van der Waals surface area contributed by atoms with Gasteiger partial charge in [-0.1, -0.05) is 0 Å². The smallest absolute Gasteiger partial charge is 0.307 e. The summed E-state index contributed by atoms with van der Waals surface area (Å²) in [6.45, 7) is 3.73. The van der Waals surface area contributed by atoms with Crippen molar-refractivity contribution < 1.29 is 19.1 Å². The molecule has 1 aliphatic rings. The average Bonchev–Trinajstić information content (AvgIpc) is 2.17. The molecule has 1 rings (SSSR count). The van der Waals surface area contributed by atoms with E-state index in [1.54, 1.807) is 0 Å². The SMILES string of the molecule is CCOC1=CC(=O)C(=COC(C)=O)CC1. The predicted molar refractivity (Wildman–Crippen MR) is 53.8 cm³/mol. The Balaban J connectivity index is 2.64. The van der Waals surface area contributed by atoms with E-state index in [2.05, 4.69) is 4.74 Å². The van der Waals surface area contributed by atoms with E-state index in [0.717, 1.165) is 0 Å². The summed E-state index contributed by atoms with van der Waals surface area (Å²) in [7, 11) is 0. The average molecular weight is 210 g/mol. The molecule has 82 valence electrons. The zero-order valence-corrected chi connectivity index (χ0v) is 8.91. The maximum atomic E-state index is 11.5. The van der Waals surface area contributed by atoms with Crippen molar-refractivity contribution >= 4 is 11.8 Å². The molecule has 0 amide bonds. The van der Waals surface area contributed by atoms with Crippen LogP contribution in [-0.4, -0.2) is 18.4 Å². The summed E-state index contributed by atoms with van der Waals surface area (Å²) in [6.07, 6.45) is 3.90. The predicted octanol–water partition coefficient (Wildman–Crippen LogP) is 1.72. The molecule has 4 nitrogen and oxygen atoms in total. The number of hydrogen-bond donors (Lipinski definition) is 0. The lowest BCUT2D eigenvalue weighted by Crippen LogP contribution is -2.10. The van der Waals surface area contributed by atoms with E-state index < -0.39 is 5.97 Å². The van der Waals surface area contributed by atoms with E-state index in [1.165, 1.54) is 19.3 Å². The van der Waals surface area contributed by atoms with Crippen LogP contribution >= 0.6 is 0 Å². The number of hydrogen-bond acceptors (Lipinski definition) is 4. The van der Waals surface area contributed by atoms with Crippen LogP contribution in [0.4, 0.5) is 0 Å². The van der Waals surface area contributed by atoms with Crippen molar-refractivity contribution in [1.82, 2.24) is 0 Å². The fourth-order valence-electron chi connectivity index (χ4n) is 1.26. The number of ketones is 1. The van der Waals surface area contributed by atoms with Gasteiger partial charge < -0.3 is 9.47 Å². The first kappa shape index (κ1) is 11.5. The first-order valence-electron chi connectivity index (χ1n) is 4.87. The quantitative estimate of drug-likeness (QED) is 0.404. The van der Waals surface area contributed by atoms with Crippen LogP contribution in [-0.2, 0) is 19.1 Å². The molecule has 4 heteroatoms. The number of allylic oxidation sites excluding steroid dienone is 3. The topological polar surface area (TPSA) is 52.6 Å². The van der Waals surface area contributed by atoms with E-state index in [1.807, 2.05) is 6.92 Å². The molecule has 0 bridgehead atoms. The molecular weight excluding hydrogens is 196 g/mol. The van der Waals surface area contributed by atoms with Crippen molar-refractivity contribution in [3.8, 4) is 0 Å². The van der Waals surface area contributed by atoms with Gasteiger partial charge in [-0.2, -0.15) is 0 Å². The summed E-state index contributed by atoms with van der Waals surface area (Å²) >= 11 is 0. The minimum Gasteiger partial charge on any atom is -0.498 e. The summed E-state index contributed by atoms with van der Waals surface area (Å²) in [6, 6.07) is 0. The maximum Gasteiger partial charge on any atom is 0.307 e. The van der Waals surface area contributed by atoms with E-state index >= 15 is 0 Å². The monoisotopic (exact) mass is 210 g/mol. The summed E-state index contributed by atoms with van der Waals surface area (Å²) in [5, 5.41) is 0. The molecule has 0 unspecified atom stereocenters. The Hall–Kier alpha value is -1.58. The van der Waals surface area contributed by atoms with Crippen LogP contribution in [0.15, 0.2) is 23.7 Å². The number of carbonyl (C=O) groups excluding carboxylic acids is 2. The third kappa shape index (κ3) is 3.58. The normalized spacial score (nSPS) is 18.7. The van der Waals surface area contributed by atoms with Crippen molar-refractivity contribution in [2.24, 2.45) is 0 Å². The Bertz CT molecular complexity index is 325. The number of rotatable bonds is 3. The van der Waals surface area contributed by atoms with Gasteiger partial charge in [0, 0.05) is 25.0 Å². The van der Waals surface area contributed by atoms with Crippen molar-refractivity contribution in [3.05, 3.63) is 23.7 Å². The number of ether oxygens (including phenoxy) is 2. The molecular formula is C11H14O4. The molecule has 0 aromatic heterocycles. The Morgan fingerprint density at radius 3 is 2.80 bits per heavy atom. The van der Waals surface area contributed by atoms with Crippen LogP contribution in [0.25, 0.3) is 0 Å². The first-order valence-corrected chi connectivity index (χ1v) is 4.87. The number of esters is 1. The van der Waals surface area contributed by atoms with E-state index in [-0.39, 0.29) is 5.78 Å². The van der Waals surface area contributed by atoms with Gasteiger partial charge in [-0.05, 0) is 13.3 Å². The lowest BCUT2D eigenvalue weighted by atomic mass is 10.00. The zero-order valence-electron chi connectivity index (χ0n) is 8.91. The molecule has 1 aliphatic carbocycles. The Morgan fingerprint density at radius 2 is 2.27 bits per heavy atom. The summed E-state index contributed by atoms with van der Waals surface area (Å²) < 4.78 is 9.89. The highest BCUT2D eigenvalue weighted by molar-refractivity contribution is 6.05. The second kappa shape index (κ2) is 5.34. The molecule has 0 aromatic carbocycles. The van der Waals surface area contributed by atoms with Crippen molar-refractivity contribution in [3.63, 3.8) is 0 Å². The molecule has 0 saturated carbocycles. The lowest BCUT2D eigenvalue weighted by Gasteiger charge is -2.14. The van der Waals surface area contributed by atoms with Gasteiger partial charge in [0.1, 0.15) is 12.0 Å². The van der Waals surface area contributed by atoms with Crippen molar-refractivity contribution in [2.45, 2.75) is 26.7 Å². The molecule has 0 heterocycles. The van der Waals surface area contributed by atoms with Gasteiger partial charge >= 0.3 is 5.97 Å². The molecule has 0 spiro atoms. The second-order valence-electron chi connectivity index (χ2n) is 3.16. The minimum absolute atomic E-state index is 0.147. The first-order chi connectivity index (χ1) is 7.13. The largest absolute Gasteiger partial charge is 0.498 e. The highest BCUT2D eigenvalue weighted by Crippen LogP contribution is 2.20. The van der Waals surface area contributed by atoms with Crippen LogP contribution in [0.5, 0.6) is 0 Å². The van der Waals surface area contributed by atoms with Gasteiger partial charge in [0.2, 0.25) is 0 Å². The third-order valence-electron chi connectivity index (χ3n) is 1.95. The van der Waals surface area contributed by atoms with Crippen LogP contribution in [0, 0.1) is 0 Å². The molecule has 0 fully saturated rings.